The summed E-state index contributed by atoms with van der Waals surface area (Å²) in [5, 5.41) is 2.50. The van der Waals surface area contributed by atoms with Crippen LogP contribution in [-0.2, 0) is 10.0 Å². The van der Waals surface area contributed by atoms with Gasteiger partial charge in [-0.2, -0.15) is 0 Å². The molecule has 1 aromatic rings. The van der Waals surface area contributed by atoms with Crippen LogP contribution in [0.4, 0.5) is 4.39 Å². The number of rotatable bonds is 5. The highest BCUT2D eigenvalue weighted by Crippen LogP contribution is 2.15. The second-order valence-electron chi connectivity index (χ2n) is 5.06. The average Bonchev–Trinajstić information content (AvgIpc) is 2.26. The minimum absolute atomic E-state index is 0.0326. The summed E-state index contributed by atoms with van der Waals surface area (Å²) in [6, 6.07) is 4.03. The molecule has 20 heavy (non-hydrogen) atoms. The van der Waals surface area contributed by atoms with Crippen molar-refractivity contribution in [3.8, 4) is 0 Å². The lowest BCUT2D eigenvalue weighted by Crippen LogP contribution is -2.51. The Labute approximate surface area is 126 Å². The van der Waals surface area contributed by atoms with Crippen LogP contribution in [0.2, 0.25) is 0 Å². The van der Waals surface area contributed by atoms with Crippen LogP contribution in [0.5, 0.6) is 0 Å². The van der Waals surface area contributed by atoms with E-state index in [1.54, 1.807) is 13.8 Å². The van der Waals surface area contributed by atoms with Crippen LogP contribution in [0.1, 0.15) is 24.2 Å². The number of amides is 1. The monoisotopic (exact) mass is 366 g/mol. The molecule has 0 aliphatic heterocycles. The van der Waals surface area contributed by atoms with Crippen molar-refractivity contribution in [2.75, 3.05) is 12.8 Å². The number of hydrogen-bond acceptors (Lipinski definition) is 3. The number of carbonyl (C=O) groups excluding carboxylic acids is 1. The molecule has 0 aromatic heterocycles. The molecule has 8 heteroatoms. The second-order valence-corrected chi connectivity index (χ2v) is 7.73. The average molecular weight is 367 g/mol. The quantitative estimate of drug-likeness (QED) is 0.831. The summed E-state index contributed by atoms with van der Waals surface area (Å²) < 4.78 is 38.8. The van der Waals surface area contributed by atoms with Crippen LogP contribution < -0.4 is 10.0 Å². The van der Waals surface area contributed by atoms with Gasteiger partial charge in [-0.3, -0.25) is 4.79 Å². The summed E-state index contributed by atoms with van der Waals surface area (Å²) in [6.07, 6.45) is 1.03. The Morgan fingerprint density at radius 2 is 2.00 bits per heavy atom. The van der Waals surface area contributed by atoms with Gasteiger partial charge in [0.2, 0.25) is 10.0 Å². The van der Waals surface area contributed by atoms with Crippen LogP contribution in [0.15, 0.2) is 22.7 Å². The molecule has 0 heterocycles. The molecule has 0 atom stereocenters. The molecule has 0 saturated heterocycles. The van der Waals surface area contributed by atoms with E-state index in [-0.39, 0.29) is 12.1 Å². The van der Waals surface area contributed by atoms with Crippen molar-refractivity contribution in [2.45, 2.75) is 19.4 Å². The SMILES string of the molecule is CC(C)(CNC(=O)c1cc(Br)ccc1F)NS(C)(=O)=O. The molecule has 1 amide bonds. The smallest absolute Gasteiger partial charge is 0.254 e. The minimum atomic E-state index is -3.39. The van der Waals surface area contributed by atoms with Crippen LogP contribution in [-0.4, -0.2) is 32.7 Å². The Morgan fingerprint density at radius 1 is 1.40 bits per heavy atom. The standard InChI is InChI=1S/C12H16BrFN2O3S/c1-12(2,16-20(3,18)19)7-15-11(17)9-6-8(13)4-5-10(9)14/h4-6,16H,7H2,1-3H3,(H,15,17). The van der Waals surface area contributed by atoms with Gasteiger partial charge in [-0.25, -0.2) is 17.5 Å². The lowest BCUT2D eigenvalue weighted by Gasteiger charge is -2.25. The summed E-state index contributed by atoms with van der Waals surface area (Å²) in [5.74, 6) is -1.24. The van der Waals surface area contributed by atoms with Crippen molar-refractivity contribution >= 4 is 31.9 Å². The minimum Gasteiger partial charge on any atom is -0.350 e. The fourth-order valence-corrected chi connectivity index (χ4v) is 3.04. The fourth-order valence-electron chi connectivity index (χ4n) is 1.61. The lowest BCUT2D eigenvalue weighted by molar-refractivity contribution is 0.0940. The summed E-state index contributed by atoms with van der Waals surface area (Å²) in [4.78, 5) is 11.9. The van der Waals surface area contributed by atoms with E-state index in [0.29, 0.717) is 4.47 Å². The molecule has 0 radical (unpaired) electrons. The third-order valence-corrected chi connectivity index (χ3v) is 3.74. The van der Waals surface area contributed by atoms with E-state index in [9.17, 15) is 17.6 Å². The lowest BCUT2D eigenvalue weighted by atomic mass is 10.1. The highest BCUT2D eigenvalue weighted by molar-refractivity contribution is 9.10. The van der Waals surface area contributed by atoms with Gasteiger partial charge >= 0.3 is 0 Å². The zero-order valence-electron chi connectivity index (χ0n) is 11.3. The van der Waals surface area contributed by atoms with E-state index in [1.165, 1.54) is 18.2 Å². The van der Waals surface area contributed by atoms with Crippen LogP contribution in [0.25, 0.3) is 0 Å². The van der Waals surface area contributed by atoms with Crippen LogP contribution >= 0.6 is 15.9 Å². The van der Waals surface area contributed by atoms with E-state index in [4.69, 9.17) is 0 Å². The molecule has 0 fully saturated rings. The van der Waals surface area contributed by atoms with E-state index in [0.717, 1.165) is 6.26 Å². The molecule has 1 aromatic carbocycles. The molecule has 2 N–H and O–H groups in total. The van der Waals surface area contributed by atoms with Gasteiger partial charge in [-0.05, 0) is 32.0 Å². The molecule has 0 aliphatic rings. The summed E-state index contributed by atoms with van der Waals surface area (Å²) in [7, 11) is -3.39. The molecule has 0 saturated carbocycles. The number of hydrogen-bond donors (Lipinski definition) is 2. The second kappa shape index (κ2) is 6.19. The van der Waals surface area contributed by atoms with Crippen LogP contribution in [0.3, 0.4) is 0 Å². The third kappa shape index (κ3) is 5.56. The maximum atomic E-state index is 13.5. The van der Waals surface area contributed by atoms with E-state index in [1.807, 2.05) is 0 Å². The summed E-state index contributed by atoms with van der Waals surface area (Å²) >= 11 is 3.16. The van der Waals surface area contributed by atoms with Gasteiger partial charge < -0.3 is 5.32 Å². The third-order valence-electron chi connectivity index (χ3n) is 2.33. The first-order valence-electron chi connectivity index (χ1n) is 5.72. The number of nitrogens with one attached hydrogen (secondary N) is 2. The first-order chi connectivity index (χ1) is 9.00. The van der Waals surface area contributed by atoms with E-state index < -0.39 is 27.3 Å². The molecule has 5 nitrogen and oxygen atoms in total. The molecule has 0 unspecified atom stereocenters. The molecule has 0 aliphatic carbocycles. The molecule has 0 bridgehead atoms. The highest BCUT2D eigenvalue weighted by atomic mass is 79.9. The normalized spacial score (nSPS) is 12.2. The van der Waals surface area contributed by atoms with Crippen molar-refractivity contribution in [2.24, 2.45) is 0 Å². The van der Waals surface area contributed by atoms with Gasteiger partial charge in [0.15, 0.2) is 0 Å². The predicted molar refractivity (Wildman–Crippen MR) is 78.5 cm³/mol. The summed E-state index contributed by atoms with van der Waals surface area (Å²) in [6.45, 7) is 3.27. The number of halogens is 2. The Hall–Kier alpha value is -0.990. The van der Waals surface area contributed by atoms with Crippen LogP contribution in [0, 0.1) is 5.82 Å². The molecule has 1 rings (SSSR count). The van der Waals surface area contributed by atoms with Crippen molar-refractivity contribution in [3.05, 3.63) is 34.1 Å². The first-order valence-corrected chi connectivity index (χ1v) is 8.41. The number of sulfonamides is 1. The topological polar surface area (TPSA) is 75.3 Å². The molecule has 112 valence electrons. The largest absolute Gasteiger partial charge is 0.350 e. The Morgan fingerprint density at radius 3 is 2.55 bits per heavy atom. The van der Waals surface area contributed by atoms with Crippen molar-refractivity contribution in [1.82, 2.24) is 10.0 Å². The van der Waals surface area contributed by atoms with Crippen molar-refractivity contribution < 1.29 is 17.6 Å². The van der Waals surface area contributed by atoms with Gasteiger partial charge in [0.05, 0.1) is 11.8 Å². The van der Waals surface area contributed by atoms with Gasteiger partial charge in [-0.1, -0.05) is 15.9 Å². The van der Waals surface area contributed by atoms with Gasteiger partial charge in [0, 0.05) is 16.6 Å². The zero-order valence-corrected chi connectivity index (χ0v) is 13.7. The molecular weight excluding hydrogens is 351 g/mol. The maximum Gasteiger partial charge on any atom is 0.254 e. The van der Waals surface area contributed by atoms with Crippen molar-refractivity contribution in [3.63, 3.8) is 0 Å². The van der Waals surface area contributed by atoms with Gasteiger partial charge in [-0.15, -0.1) is 0 Å². The molecular formula is C12H16BrFN2O3S. The predicted octanol–water partition coefficient (Wildman–Crippen LogP) is 1.65. The Bertz CT molecular complexity index is 617. The number of carbonyl (C=O) groups is 1. The highest BCUT2D eigenvalue weighted by Gasteiger charge is 2.23. The Kier molecular flexibility index (Phi) is 5.28. The maximum absolute atomic E-state index is 13.5. The van der Waals surface area contributed by atoms with Gasteiger partial charge in [0.1, 0.15) is 5.82 Å². The van der Waals surface area contributed by atoms with Crippen molar-refractivity contribution in [1.29, 1.82) is 0 Å². The zero-order chi connectivity index (χ0) is 15.6. The van der Waals surface area contributed by atoms with Gasteiger partial charge in [0.25, 0.3) is 5.91 Å². The fraction of sp³-hybridized carbons (Fsp3) is 0.417. The first kappa shape index (κ1) is 17.1. The summed E-state index contributed by atoms with van der Waals surface area (Å²) in [5.41, 5.74) is -0.972. The Balaban J connectivity index is 2.75. The molecule has 0 spiro atoms. The number of benzene rings is 1. The van der Waals surface area contributed by atoms with E-state index >= 15 is 0 Å². The van der Waals surface area contributed by atoms with E-state index in [2.05, 4.69) is 26.0 Å².